The van der Waals surface area contributed by atoms with Gasteiger partial charge in [0, 0.05) is 0 Å². The number of allylic oxidation sites excluding steroid dienone is 1. The molecule has 0 radical (unpaired) electrons. The van der Waals surface area contributed by atoms with Crippen molar-refractivity contribution in [1.82, 2.24) is 0 Å². The van der Waals surface area contributed by atoms with Crippen molar-refractivity contribution >= 4 is 5.78 Å². The summed E-state index contributed by atoms with van der Waals surface area (Å²) in [5, 5.41) is 0. The molecule has 0 aromatic carbocycles. The molecule has 2 aliphatic carbocycles. The molecule has 0 N–H and O–H groups in total. The lowest BCUT2D eigenvalue weighted by Gasteiger charge is -2.35. The first kappa shape index (κ1) is 10.5. The van der Waals surface area contributed by atoms with Crippen molar-refractivity contribution in [3.63, 3.8) is 0 Å². The van der Waals surface area contributed by atoms with Crippen molar-refractivity contribution < 1.29 is 9.53 Å². The average Bonchev–Trinajstić information content (AvgIpc) is 2.50. The van der Waals surface area contributed by atoms with E-state index in [4.69, 9.17) is 4.74 Å². The second-order valence-corrected chi connectivity index (χ2v) is 5.92. The van der Waals surface area contributed by atoms with Crippen LogP contribution in [0.3, 0.4) is 0 Å². The molecule has 16 heavy (non-hydrogen) atoms. The van der Waals surface area contributed by atoms with Crippen LogP contribution in [0.2, 0.25) is 0 Å². The van der Waals surface area contributed by atoms with Crippen LogP contribution < -0.4 is 0 Å². The zero-order valence-electron chi connectivity index (χ0n) is 10.2. The number of carbonyl (C=O) groups is 1. The third-order valence-corrected chi connectivity index (χ3v) is 4.46. The fraction of sp³-hybridized carbons (Fsp3) is 0.786. The summed E-state index contributed by atoms with van der Waals surface area (Å²) in [5.74, 6) is 1.08. The molecule has 0 aromatic heterocycles. The summed E-state index contributed by atoms with van der Waals surface area (Å²) in [7, 11) is 0. The van der Waals surface area contributed by atoms with Crippen LogP contribution in [0.4, 0.5) is 0 Å². The Kier molecular flexibility index (Phi) is 2.25. The lowest BCUT2D eigenvalue weighted by molar-refractivity contribution is -0.130. The van der Waals surface area contributed by atoms with Gasteiger partial charge in [-0.3, -0.25) is 4.79 Å². The van der Waals surface area contributed by atoms with Gasteiger partial charge in [0.1, 0.15) is 5.60 Å². The van der Waals surface area contributed by atoms with Crippen LogP contribution in [0.15, 0.2) is 11.6 Å². The van der Waals surface area contributed by atoms with E-state index in [-0.39, 0.29) is 12.0 Å². The molecule has 3 unspecified atom stereocenters. The van der Waals surface area contributed by atoms with E-state index < -0.39 is 5.60 Å². The molecule has 2 nitrogen and oxygen atoms in total. The van der Waals surface area contributed by atoms with Crippen LogP contribution in [0.25, 0.3) is 0 Å². The molecule has 2 fully saturated rings. The molecule has 2 heteroatoms. The summed E-state index contributed by atoms with van der Waals surface area (Å²) in [6.07, 6.45) is 8.52. The minimum Gasteiger partial charge on any atom is -0.363 e. The highest BCUT2D eigenvalue weighted by Crippen LogP contribution is 2.47. The second kappa shape index (κ2) is 3.43. The van der Waals surface area contributed by atoms with Crippen LogP contribution in [0.1, 0.15) is 46.0 Å². The highest BCUT2D eigenvalue weighted by atomic mass is 16.5. The van der Waals surface area contributed by atoms with E-state index in [1.54, 1.807) is 0 Å². The Balaban J connectivity index is 1.96. The fourth-order valence-corrected chi connectivity index (χ4v) is 3.66. The number of carbonyl (C=O) groups excluding carboxylic acids is 1. The molecule has 0 amide bonds. The van der Waals surface area contributed by atoms with Gasteiger partial charge in [-0.15, -0.1) is 0 Å². The Bertz CT molecular complexity index is 354. The zero-order chi connectivity index (χ0) is 11.3. The number of hydrogen-bond acceptors (Lipinski definition) is 2. The number of ketones is 1. The summed E-state index contributed by atoms with van der Waals surface area (Å²) in [6, 6.07) is 0. The van der Waals surface area contributed by atoms with Gasteiger partial charge in [0.15, 0.2) is 5.78 Å². The summed E-state index contributed by atoms with van der Waals surface area (Å²) >= 11 is 0. The Morgan fingerprint density at radius 3 is 2.94 bits per heavy atom. The second-order valence-electron chi connectivity index (χ2n) is 5.92. The smallest absolute Gasteiger partial charge is 0.173 e. The SMILES string of the molecule is CC1(C)OC2CCC3CCCC=C3C2C1=O. The van der Waals surface area contributed by atoms with Gasteiger partial charge in [-0.2, -0.15) is 0 Å². The first-order valence-electron chi connectivity index (χ1n) is 6.51. The minimum absolute atomic E-state index is 0.0917. The third-order valence-electron chi connectivity index (χ3n) is 4.46. The van der Waals surface area contributed by atoms with E-state index in [2.05, 4.69) is 6.08 Å². The van der Waals surface area contributed by atoms with Gasteiger partial charge in [0.2, 0.25) is 0 Å². The molecule has 1 saturated heterocycles. The number of fused-ring (bicyclic) bond motifs is 3. The standard InChI is InChI=1S/C14H20O2/c1-14(2)13(15)12-10-6-4-3-5-9(10)7-8-11(12)16-14/h6,9,11-12H,3-5,7-8H2,1-2H3. The van der Waals surface area contributed by atoms with Gasteiger partial charge in [-0.1, -0.05) is 11.6 Å². The first-order valence-corrected chi connectivity index (χ1v) is 6.51. The Morgan fingerprint density at radius 1 is 1.31 bits per heavy atom. The van der Waals surface area contributed by atoms with Crippen molar-refractivity contribution in [2.24, 2.45) is 11.8 Å². The Labute approximate surface area is 97.1 Å². The molecule has 0 bridgehead atoms. The van der Waals surface area contributed by atoms with E-state index in [0.29, 0.717) is 11.7 Å². The molecule has 0 spiro atoms. The van der Waals surface area contributed by atoms with E-state index in [1.165, 1.54) is 24.8 Å². The Morgan fingerprint density at radius 2 is 2.12 bits per heavy atom. The van der Waals surface area contributed by atoms with Gasteiger partial charge in [-0.05, 0) is 51.9 Å². The molecule has 88 valence electrons. The Hall–Kier alpha value is -0.630. The van der Waals surface area contributed by atoms with E-state index in [9.17, 15) is 4.79 Å². The number of Topliss-reactive ketones (excluding diaryl/α,β-unsaturated/α-hetero) is 1. The molecule has 1 aliphatic heterocycles. The van der Waals surface area contributed by atoms with Crippen LogP contribution in [0.5, 0.6) is 0 Å². The maximum Gasteiger partial charge on any atom is 0.173 e. The summed E-state index contributed by atoms with van der Waals surface area (Å²) in [5.41, 5.74) is 0.862. The zero-order valence-corrected chi connectivity index (χ0v) is 10.2. The number of ether oxygens (including phenoxy) is 1. The van der Waals surface area contributed by atoms with Gasteiger partial charge in [0.05, 0.1) is 12.0 Å². The van der Waals surface area contributed by atoms with Crippen molar-refractivity contribution in [3.05, 3.63) is 11.6 Å². The molecule has 0 aromatic rings. The lowest BCUT2D eigenvalue weighted by Crippen LogP contribution is -2.34. The minimum atomic E-state index is -0.553. The lowest BCUT2D eigenvalue weighted by atomic mass is 9.69. The summed E-state index contributed by atoms with van der Waals surface area (Å²) in [4.78, 5) is 12.4. The van der Waals surface area contributed by atoms with Gasteiger partial charge >= 0.3 is 0 Å². The highest BCUT2D eigenvalue weighted by molar-refractivity contribution is 5.93. The maximum atomic E-state index is 12.4. The van der Waals surface area contributed by atoms with Crippen molar-refractivity contribution in [1.29, 1.82) is 0 Å². The first-order chi connectivity index (χ1) is 7.59. The third kappa shape index (κ3) is 1.39. The number of rotatable bonds is 0. The average molecular weight is 220 g/mol. The molecule has 3 aliphatic rings. The topological polar surface area (TPSA) is 26.3 Å². The predicted octanol–water partition coefficient (Wildman–Crippen LogP) is 2.87. The molecular weight excluding hydrogens is 200 g/mol. The molecule has 3 rings (SSSR count). The van der Waals surface area contributed by atoms with E-state index >= 15 is 0 Å². The maximum absolute atomic E-state index is 12.4. The van der Waals surface area contributed by atoms with Crippen LogP contribution in [-0.4, -0.2) is 17.5 Å². The van der Waals surface area contributed by atoms with Crippen LogP contribution in [-0.2, 0) is 9.53 Å². The predicted molar refractivity (Wildman–Crippen MR) is 62.1 cm³/mol. The van der Waals surface area contributed by atoms with E-state index in [1.807, 2.05) is 13.8 Å². The summed E-state index contributed by atoms with van der Waals surface area (Å²) < 4.78 is 5.92. The molecule has 1 heterocycles. The molecule has 3 atom stereocenters. The van der Waals surface area contributed by atoms with Crippen LogP contribution in [0, 0.1) is 11.8 Å². The monoisotopic (exact) mass is 220 g/mol. The van der Waals surface area contributed by atoms with Gasteiger partial charge in [0.25, 0.3) is 0 Å². The van der Waals surface area contributed by atoms with Crippen LogP contribution >= 0.6 is 0 Å². The summed E-state index contributed by atoms with van der Waals surface area (Å²) in [6.45, 7) is 3.85. The molecule has 1 saturated carbocycles. The quantitative estimate of drug-likeness (QED) is 0.587. The van der Waals surface area contributed by atoms with Crippen molar-refractivity contribution in [2.75, 3.05) is 0 Å². The van der Waals surface area contributed by atoms with Gasteiger partial charge in [-0.25, -0.2) is 0 Å². The van der Waals surface area contributed by atoms with Crippen molar-refractivity contribution in [2.45, 2.75) is 57.7 Å². The van der Waals surface area contributed by atoms with Gasteiger partial charge < -0.3 is 4.74 Å². The highest BCUT2D eigenvalue weighted by Gasteiger charge is 2.52. The van der Waals surface area contributed by atoms with Crippen molar-refractivity contribution in [3.8, 4) is 0 Å². The number of hydrogen-bond donors (Lipinski definition) is 0. The largest absolute Gasteiger partial charge is 0.363 e. The molecular formula is C14H20O2. The normalized spacial score (nSPS) is 41.2. The van der Waals surface area contributed by atoms with E-state index in [0.717, 1.165) is 12.8 Å². The fourth-order valence-electron chi connectivity index (χ4n) is 3.66.